The highest BCUT2D eigenvalue weighted by Gasteiger charge is 2.13. The molecule has 8 heteroatoms. The lowest BCUT2D eigenvalue weighted by molar-refractivity contribution is 0.0524. The normalized spacial score (nSPS) is 10.7. The summed E-state index contributed by atoms with van der Waals surface area (Å²) in [5, 5.41) is 3.14. The van der Waals surface area contributed by atoms with Gasteiger partial charge in [-0.1, -0.05) is 12.1 Å². The summed E-state index contributed by atoms with van der Waals surface area (Å²) in [7, 11) is 0. The lowest BCUT2D eigenvalue weighted by atomic mass is 10.2. The first-order chi connectivity index (χ1) is 11.2. The van der Waals surface area contributed by atoms with Gasteiger partial charge in [-0.15, -0.1) is 0 Å². The van der Waals surface area contributed by atoms with Gasteiger partial charge in [0.15, 0.2) is 0 Å². The monoisotopic (exact) mass is 329 g/mol. The third-order valence-electron chi connectivity index (χ3n) is 3.28. The number of ether oxygens (including phenoxy) is 1. The minimum atomic E-state index is -0.408. The summed E-state index contributed by atoms with van der Waals surface area (Å²) in [6.45, 7) is 4.37. The zero-order valence-corrected chi connectivity index (χ0v) is 13.6. The number of hydrogen-bond donors (Lipinski definition) is 1. The predicted octanol–water partition coefficient (Wildman–Crippen LogP) is 2.58. The zero-order chi connectivity index (χ0) is 16.2. The first kappa shape index (κ1) is 15.3. The molecule has 0 saturated carbocycles. The SMILES string of the molecule is CCOC(=O)c1cnc(NCc2cccc3nsnc23)nc1C. The summed E-state index contributed by atoms with van der Waals surface area (Å²) < 4.78 is 13.5. The second-order valence-electron chi connectivity index (χ2n) is 4.82. The van der Waals surface area contributed by atoms with Crippen molar-refractivity contribution in [1.29, 1.82) is 0 Å². The smallest absolute Gasteiger partial charge is 0.341 e. The summed E-state index contributed by atoms with van der Waals surface area (Å²) in [5.41, 5.74) is 3.73. The highest BCUT2D eigenvalue weighted by Crippen LogP contribution is 2.17. The standard InChI is InChI=1S/C15H15N5O2S/c1-3-22-14(21)11-8-17-15(18-9(11)2)16-7-10-5-4-6-12-13(10)20-23-19-12/h4-6,8H,3,7H2,1-2H3,(H,16,17,18). The van der Waals surface area contributed by atoms with Gasteiger partial charge in [0, 0.05) is 18.3 Å². The number of esters is 1. The number of aryl methyl sites for hydroxylation is 1. The Morgan fingerprint density at radius 3 is 3.00 bits per heavy atom. The third kappa shape index (κ3) is 3.26. The zero-order valence-electron chi connectivity index (χ0n) is 12.7. The van der Waals surface area contributed by atoms with E-state index in [0.717, 1.165) is 16.6 Å². The summed E-state index contributed by atoms with van der Waals surface area (Å²) >= 11 is 1.19. The molecular formula is C15H15N5O2S. The molecule has 0 aliphatic heterocycles. The maximum Gasteiger partial charge on any atom is 0.341 e. The lowest BCUT2D eigenvalue weighted by Gasteiger charge is -2.08. The van der Waals surface area contributed by atoms with Gasteiger partial charge in [0.2, 0.25) is 5.95 Å². The number of aromatic nitrogens is 4. The summed E-state index contributed by atoms with van der Waals surface area (Å²) in [6, 6.07) is 5.85. The molecule has 0 saturated heterocycles. The van der Waals surface area contributed by atoms with E-state index in [1.807, 2.05) is 18.2 Å². The summed E-state index contributed by atoms with van der Waals surface area (Å²) in [4.78, 5) is 20.2. The fourth-order valence-electron chi connectivity index (χ4n) is 2.14. The Balaban J connectivity index is 1.75. The van der Waals surface area contributed by atoms with Crippen LogP contribution >= 0.6 is 11.7 Å². The fraction of sp³-hybridized carbons (Fsp3) is 0.267. The Kier molecular flexibility index (Phi) is 4.42. The molecular weight excluding hydrogens is 314 g/mol. The molecule has 0 spiro atoms. The number of fused-ring (bicyclic) bond motifs is 1. The Morgan fingerprint density at radius 2 is 2.22 bits per heavy atom. The van der Waals surface area contributed by atoms with Crippen LogP contribution in [-0.2, 0) is 11.3 Å². The Labute approximate surface area is 137 Å². The fourth-order valence-corrected chi connectivity index (χ4v) is 2.71. The molecule has 2 aromatic heterocycles. The highest BCUT2D eigenvalue weighted by molar-refractivity contribution is 7.00. The van der Waals surface area contributed by atoms with Crippen molar-refractivity contribution in [3.05, 3.63) is 41.2 Å². The molecule has 0 bridgehead atoms. The van der Waals surface area contributed by atoms with Crippen LogP contribution in [0.25, 0.3) is 11.0 Å². The van der Waals surface area contributed by atoms with Gasteiger partial charge in [-0.05, 0) is 19.9 Å². The lowest BCUT2D eigenvalue weighted by Crippen LogP contribution is -2.11. The largest absolute Gasteiger partial charge is 0.462 e. The minimum Gasteiger partial charge on any atom is -0.462 e. The maximum absolute atomic E-state index is 11.7. The molecule has 0 radical (unpaired) electrons. The van der Waals surface area contributed by atoms with E-state index in [9.17, 15) is 4.79 Å². The molecule has 0 amide bonds. The van der Waals surface area contributed by atoms with Gasteiger partial charge < -0.3 is 10.1 Å². The van der Waals surface area contributed by atoms with E-state index in [4.69, 9.17) is 4.74 Å². The molecule has 0 aliphatic rings. The number of carbonyl (C=O) groups excluding carboxylic acids is 1. The number of carbonyl (C=O) groups is 1. The quantitative estimate of drug-likeness (QED) is 0.719. The Hall–Kier alpha value is -2.61. The number of hydrogen-bond acceptors (Lipinski definition) is 8. The molecule has 0 aliphatic carbocycles. The van der Waals surface area contributed by atoms with E-state index in [2.05, 4.69) is 24.0 Å². The minimum absolute atomic E-state index is 0.323. The molecule has 1 aromatic carbocycles. The molecule has 0 atom stereocenters. The molecule has 118 valence electrons. The topological polar surface area (TPSA) is 89.9 Å². The van der Waals surface area contributed by atoms with Gasteiger partial charge in [0.1, 0.15) is 11.0 Å². The van der Waals surface area contributed by atoms with E-state index in [1.165, 1.54) is 17.9 Å². The van der Waals surface area contributed by atoms with Crippen molar-refractivity contribution >= 4 is 34.7 Å². The predicted molar refractivity (Wildman–Crippen MR) is 87.5 cm³/mol. The van der Waals surface area contributed by atoms with E-state index in [0.29, 0.717) is 30.4 Å². The number of benzene rings is 1. The van der Waals surface area contributed by atoms with Gasteiger partial charge in [-0.2, -0.15) is 8.75 Å². The van der Waals surface area contributed by atoms with E-state index < -0.39 is 5.97 Å². The van der Waals surface area contributed by atoms with Crippen LogP contribution in [0.15, 0.2) is 24.4 Å². The van der Waals surface area contributed by atoms with Crippen LogP contribution < -0.4 is 5.32 Å². The summed E-state index contributed by atoms with van der Waals surface area (Å²) in [5.74, 6) is 0.0469. The van der Waals surface area contributed by atoms with Crippen LogP contribution in [0.2, 0.25) is 0 Å². The molecule has 0 unspecified atom stereocenters. The van der Waals surface area contributed by atoms with Gasteiger partial charge in [0.25, 0.3) is 0 Å². The molecule has 7 nitrogen and oxygen atoms in total. The number of rotatable bonds is 5. The van der Waals surface area contributed by atoms with Crippen molar-refractivity contribution < 1.29 is 9.53 Å². The van der Waals surface area contributed by atoms with Crippen molar-refractivity contribution in [2.45, 2.75) is 20.4 Å². The van der Waals surface area contributed by atoms with Crippen LogP contribution in [0.4, 0.5) is 5.95 Å². The molecule has 23 heavy (non-hydrogen) atoms. The van der Waals surface area contributed by atoms with Gasteiger partial charge in [-0.25, -0.2) is 14.8 Å². The van der Waals surface area contributed by atoms with Crippen molar-refractivity contribution in [2.75, 3.05) is 11.9 Å². The van der Waals surface area contributed by atoms with E-state index in [1.54, 1.807) is 13.8 Å². The number of anilines is 1. The van der Waals surface area contributed by atoms with Crippen LogP contribution in [-0.4, -0.2) is 31.3 Å². The molecule has 3 aromatic rings. The average Bonchev–Trinajstić information content (AvgIpc) is 3.02. The Morgan fingerprint density at radius 1 is 1.35 bits per heavy atom. The van der Waals surface area contributed by atoms with Crippen molar-refractivity contribution in [2.24, 2.45) is 0 Å². The van der Waals surface area contributed by atoms with Gasteiger partial charge >= 0.3 is 5.97 Å². The van der Waals surface area contributed by atoms with Gasteiger partial charge in [-0.3, -0.25) is 0 Å². The molecule has 3 rings (SSSR count). The van der Waals surface area contributed by atoms with Crippen molar-refractivity contribution in [1.82, 2.24) is 18.7 Å². The first-order valence-corrected chi connectivity index (χ1v) is 7.87. The summed E-state index contributed by atoms with van der Waals surface area (Å²) in [6.07, 6.45) is 1.48. The average molecular weight is 329 g/mol. The van der Waals surface area contributed by atoms with Crippen LogP contribution in [0.3, 0.4) is 0 Å². The van der Waals surface area contributed by atoms with Crippen molar-refractivity contribution in [3.63, 3.8) is 0 Å². The van der Waals surface area contributed by atoms with Crippen LogP contribution in [0.5, 0.6) is 0 Å². The van der Waals surface area contributed by atoms with Crippen LogP contribution in [0, 0.1) is 6.92 Å². The van der Waals surface area contributed by atoms with Crippen molar-refractivity contribution in [3.8, 4) is 0 Å². The molecule has 0 fully saturated rings. The number of nitrogens with zero attached hydrogens (tertiary/aromatic N) is 4. The van der Waals surface area contributed by atoms with E-state index >= 15 is 0 Å². The Bertz CT molecular complexity index is 849. The second-order valence-corrected chi connectivity index (χ2v) is 5.34. The molecule has 1 N–H and O–H groups in total. The van der Waals surface area contributed by atoms with E-state index in [-0.39, 0.29) is 0 Å². The first-order valence-electron chi connectivity index (χ1n) is 7.14. The second kappa shape index (κ2) is 6.66. The van der Waals surface area contributed by atoms with Gasteiger partial charge in [0.05, 0.1) is 29.6 Å². The number of nitrogens with one attached hydrogen (secondary N) is 1. The molecule has 2 heterocycles. The maximum atomic E-state index is 11.7. The van der Waals surface area contributed by atoms with Crippen LogP contribution in [0.1, 0.15) is 28.5 Å². The third-order valence-corrected chi connectivity index (χ3v) is 3.82. The highest BCUT2D eigenvalue weighted by atomic mass is 32.1.